The Hall–Kier alpha value is -0.920. The Morgan fingerprint density at radius 1 is 1.00 bits per heavy atom. The summed E-state index contributed by atoms with van der Waals surface area (Å²) < 4.78 is 10.9. The minimum atomic E-state index is 0.561. The molecule has 0 aromatic rings. The number of rotatable bonds is 0. The Morgan fingerprint density at radius 3 is 1.83 bits per heavy atom. The molecule has 0 aromatic heterocycles. The Bertz CT molecular complexity index is 214. The molecule has 0 aromatic carbocycles. The molecule has 2 nitrogen and oxygen atoms in total. The van der Waals surface area contributed by atoms with Crippen LogP contribution in [-0.4, -0.2) is 13.2 Å². The lowest BCUT2D eigenvalue weighted by Crippen LogP contribution is -2.20. The van der Waals surface area contributed by atoms with E-state index in [0.717, 1.165) is 11.5 Å². The van der Waals surface area contributed by atoms with Crippen molar-refractivity contribution in [2.24, 2.45) is 11.8 Å². The molecule has 2 aliphatic rings. The predicted octanol–water partition coefficient (Wildman–Crippen LogP) is 2.09. The second-order valence-electron chi connectivity index (χ2n) is 3.48. The number of hydrogen-bond donors (Lipinski definition) is 0. The highest BCUT2D eigenvalue weighted by atomic mass is 16.6. The van der Waals surface area contributed by atoms with Crippen LogP contribution in [-0.2, 0) is 9.47 Å². The molecule has 2 unspecified atom stereocenters. The van der Waals surface area contributed by atoms with Gasteiger partial charge in [0.2, 0.25) is 0 Å². The van der Waals surface area contributed by atoms with Crippen molar-refractivity contribution in [1.82, 2.24) is 0 Å². The maximum absolute atomic E-state index is 5.47. The third kappa shape index (κ3) is 1.22. The molecule has 2 rings (SSSR count). The van der Waals surface area contributed by atoms with Gasteiger partial charge in [-0.05, 0) is 24.0 Å². The van der Waals surface area contributed by atoms with Gasteiger partial charge in [-0.1, -0.05) is 13.8 Å². The summed E-state index contributed by atoms with van der Waals surface area (Å²) in [6, 6.07) is 0. The zero-order valence-electron chi connectivity index (χ0n) is 7.54. The smallest absolute Gasteiger partial charge is 0.157 e. The van der Waals surface area contributed by atoms with E-state index in [0.29, 0.717) is 25.0 Å². The highest BCUT2D eigenvalue weighted by molar-refractivity contribution is 5.27. The topological polar surface area (TPSA) is 18.5 Å². The number of fused-ring (bicyclic) bond motifs is 1. The van der Waals surface area contributed by atoms with Gasteiger partial charge in [-0.25, -0.2) is 0 Å². The van der Waals surface area contributed by atoms with Gasteiger partial charge >= 0.3 is 0 Å². The Morgan fingerprint density at radius 2 is 1.42 bits per heavy atom. The first kappa shape index (κ1) is 7.71. The SMILES string of the molecule is CC1C=C2OCCOC2=CC1C. The van der Waals surface area contributed by atoms with E-state index in [1.807, 2.05) is 0 Å². The number of hydrogen-bond acceptors (Lipinski definition) is 2. The zero-order valence-corrected chi connectivity index (χ0v) is 7.54. The van der Waals surface area contributed by atoms with E-state index in [1.165, 1.54) is 0 Å². The largest absolute Gasteiger partial charge is 0.486 e. The molecule has 1 fully saturated rings. The van der Waals surface area contributed by atoms with Gasteiger partial charge in [-0.15, -0.1) is 0 Å². The highest BCUT2D eigenvalue weighted by Crippen LogP contribution is 2.30. The molecule has 0 saturated carbocycles. The summed E-state index contributed by atoms with van der Waals surface area (Å²) >= 11 is 0. The summed E-state index contributed by atoms with van der Waals surface area (Å²) in [6.45, 7) is 5.76. The van der Waals surface area contributed by atoms with E-state index in [2.05, 4.69) is 26.0 Å². The molecule has 12 heavy (non-hydrogen) atoms. The molecular formula is C10H14O2. The van der Waals surface area contributed by atoms with Crippen LogP contribution in [0.15, 0.2) is 23.7 Å². The molecule has 0 spiro atoms. The molecule has 1 heterocycles. The molecule has 1 aliphatic heterocycles. The average molecular weight is 166 g/mol. The molecule has 66 valence electrons. The molecule has 1 saturated heterocycles. The van der Waals surface area contributed by atoms with Gasteiger partial charge < -0.3 is 9.47 Å². The van der Waals surface area contributed by atoms with E-state index < -0.39 is 0 Å². The van der Waals surface area contributed by atoms with Crippen LogP contribution in [0.2, 0.25) is 0 Å². The second-order valence-corrected chi connectivity index (χ2v) is 3.48. The first-order valence-corrected chi connectivity index (χ1v) is 4.47. The van der Waals surface area contributed by atoms with Gasteiger partial charge in [0.1, 0.15) is 13.2 Å². The lowest BCUT2D eigenvalue weighted by atomic mass is 9.90. The van der Waals surface area contributed by atoms with Crippen molar-refractivity contribution >= 4 is 0 Å². The van der Waals surface area contributed by atoms with Crippen LogP contribution in [0.25, 0.3) is 0 Å². The maximum Gasteiger partial charge on any atom is 0.157 e. The second kappa shape index (κ2) is 2.85. The zero-order chi connectivity index (χ0) is 8.55. The van der Waals surface area contributed by atoms with Crippen molar-refractivity contribution in [3.05, 3.63) is 23.7 Å². The molecule has 0 radical (unpaired) electrons. The minimum Gasteiger partial charge on any atom is -0.486 e. The van der Waals surface area contributed by atoms with Crippen molar-refractivity contribution in [3.8, 4) is 0 Å². The van der Waals surface area contributed by atoms with Crippen LogP contribution in [0.1, 0.15) is 13.8 Å². The Labute approximate surface area is 72.9 Å². The quantitative estimate of drug-likeness (QED) is 0.548. The maximum atomic E-state index is 5.47. The van der Waals surface area contributed by atoms with Gasteiger partial charge in [0.15, 0.2) is 11.5 Å². The molecule has 0 bridgehead atoms. The molecule has 0 amide bonds. The Kier molecular flexibility index (Phi) is 1.83. The lowest BCUT2D eigenvalue weighted by molar-refractivity contribution is 0.0539. The predicted molar refractivity (Wildman–Crippen MR) is 46.4 cm³/mol. The third-order valence-electron chi connectivity index (χ3n) is 2.50. The van der Waals surface area contributed by atoms with Gasteiger partial charge in [0.05, 0.1) is 0 Å². The van der Waals surface area contributed by atoms with E-state index in [4.69, 9.17) is 9.47 Å². The minimum absolute atomic E-state index is 0.561. The average Bonchev–Trinajstić information content (AvgIpc) is 2.07. The fraction of sp³-hybridized carbons (Fsp3) is 0.600. The van der Waals surface area contributed by atoms with E-state index in [9.17, 15) is 0 Å². The van der Waals surface area contributed by atoms with Crippen molar-refractivity contribution in [3.63, 3.8) is 0 Å². The standard InChI is InChI=1S/C10H14O2/c1-7-5-9-10(6-8(7)2)12-4-3-11-9/h5-8H,3-4H2,1-2H3. The summed E-state index contributed by atoms with van der Waals surface area (Å²) in [5, 5.41) is 0. The summed E-state index contributed by atoms with van der Waals surface area (Å²) in [5.41, 5.74) is 0. The summed E-state index contributed by atoms with van der Waals surface area (Å²) in [5.74, 6) is 3.00. The van der Waals surface area contributed by atoms with Crippen molar-refractivity contribution in [1.29, 1.82) is 0 Å². The molecule has 2 atom stereocenters. The summed E-state index contributed by atoms with van der Waals surface area (Å²) in [7, 11) is 0. The van der Waals surface area contributed by atoms with Gasteiger partial charge in [0, 0.05) is 0 Å². The van der Waals surface area contributed by atoms with Crippen molar-refractivity contribution < 1.29 is 9.47 Å². The summed E-state index contributed by atoms with van der Waals surface area (Å²) in [6.07, 6.45) is 4.30. The van der Waals surface area contributed by atoms with E-state index in [1.54, 1.807) is 0 Å². The van der Waals surface area contributed by atoms with Crippen molar-refractivity contribution in [2.45, 2.75) is 13.8 Å². The number of ether oxygens (including phenoxy) is 2. The fourth-order valence-electron chi connectivity index (χ4n) is 1.49. The van der Waals surface area contributed by atoms with E-state index in [-0.39, 0.29) is 0 Å². The van der Waals surface area contributed by atoms with Gasteiger partial charge in [-0.2, -0.15) is 0 Å². The monoisotopic (exact) mass is 166 g/mol. The first-order chi connectivity index (χ1) is 5.77. The van der Waals surface area contributed by atoms with Gasteiger partial charge in [0.25, 0.3) is 0 Å². The molecule has 2 heteroatoms. The lowest BCUT2D eigenvalue weighted by Gasteiger charge is -2.27. The molecular weight excluding hydrogens is 152 g/mol. The van der Waals surface area contributed by atoms with Crippen LogP contribution < -0.4 is 0 Å². The van der Waals surface area contributed by atoms with Crippen LogP contribution in [0.5, 0.6) is 0 Å². The van der Waals surface area contributed by atoms with Crippen LogP contribution >= 0.6 is 0 Å². The normalized spacial score (nSPS) is 33.8. The highest BCUT2D eigenvalue weighted by Gasteiger charge is 2.23. The van der Waals surface area contributed by atoms with Crippen LogP contribution in [0, 0.1) is 11.8 Å². The fourth-order valence-corrected chi connectivity index (χ4v) is 1.49. The number of allylic oxidation sites excluding steroid dienone is 2. The van der Waals surface area contributed by atoms with Crippen LogP contribution in [0.3, 0.4) is 0 Å². The Balaban J connectivity index is 2.23. The van der Waals surface area contributed by atoms with Crippen molar-refractivity contribution in [2.75, 3.05) is 13.2 Å². The summed E-state index contributed by atoms with van der Waals surface area (Å²) in [4.78, 5) is 0. The van der Waals surface area contributed by atoms with E-state index >= 15 is 0 Å². The van der Waals surface area contributed by atoms with Crippen LogP contribution in [0.4, 0.5) is 0 Å². The third-order valence-corrected chi connectivity index (χ3v) is 2.50. The first-order valence-electron chi connectivity index (χ1n) is 4.47. The molecule has 1 aliphatic carbocycles. The van der Waals surface area contributed by atoms with Gasteiger partial charge in [-0.3, -0.25) is 0 Å². The molecule has 0 N–H and O–H groups in total.